The zero-order chi connectivity index (χ0) is 9.76. The van der Waals surface area contributed by atoms with Crippen molar-refractivity contribution in [3.8, 4) is 0 Å². The molecular formula is C10H11ClN2O. The van der Waals surface area contributed by atoms with Crippen molar-refractivity contribution in [3.63, 3.8) is 0 Å². The van der Waals surface area contributed by atoms with Crippen LogP contribution in [0.1, 0.15) is 19.0 Å². The molecule has 2 aliphatic heterocycles. The summed E-state index contributed by atoms with van der Waals surface area (Å²) >= 11 is 5.90. The maximum Gasteiger partial charge on any atom is 0.138 e. The second-order valence-corrected chi connectivity index (χ2v) is 4.48. The average molecular weight is 211 g/mol. The van der Waals surface area contributed by atoms with Gasteiger partial charge in [-0.15, -0.1) is 0 Å². The summed E-state index contributed by atoms with van der Waals surface area (Å²) in [4.78, 5) is 4.39. The van der Waals surface area contributed by atoms with Gasteiger partial charge in [-0.05, 0) is 25.5 Å². The van der Waals surface area contributed by atoms with Gasteiger partial charge in [-0.1, -0.05) is 11.6 Å². The summed E-state index contributed by atoms with van der Waals surface area (Å²) in [5, 5.41) is 3.88. The summed E-state index contributed by atoms with van der Waals surface area (Å²) in [5.41, 5.74) is 2.11. The third-order valence-corrected chi connectivity index (χ3v) is 3.38. The summed E-state index contributed by atoms with van der Waals surface area (Å²) in [6, 6.07) is 3.77. The van der Waals surface area contributed by atoms with Crippen LogP contribution < -0.4 is 5.32 Å². The monoisotopic (exact) mass is 210 g/mol. The molecule has 0 radical (unpaired) electrons. The second-order valence-electron chi connectivity index (χ2n) is 4.09. The Morgan fingerprint density at radius 2 is 2.50 bits per heavy atom. The van der Waals surface area contributed by atoms with E-state index in [1.807, 2.05) is 6.07 Å². The van der Waals surface area contributed by atoms with Gasteiger partial charge < -0.3 is 10.1 Å². The molecule has 14 heavy (non-hydrogen) atoms. The molecule has 1 saturated heterocycles. The number of aromatic nitrogens is 1. The Labute approximate surface area is 87.4 Å². The van der Waals surface area contributed by atoms with Crippen LogP contribution >= 0.6 is 11.6 Å². The first-order valence-corrected chi connectivity index (χ1v) is 5.13. The Morgan fingerprint density at radius 3 is 3.36 bits per heavy atom. The molecule has 0 spiro atoms. The highest BCUT2D eigenvalue weighted by Gasteiger charge is 2.49. The van der Waals surface area contributed by atoms with Crippen LogP contribution in [0.3, 0.4) is 0 Å². The molecule has 0 amide bonds. The van der Waals surface area contributed by atoms with Crippen LogP contribution in [-0.2, 0) is 10.2 Å². The molecule has 0 aliphatic carbocycles. The minimum Gasteiger partial charge on any atom is -0.358 e. The Morgan fingerprint density at radius 1 is 1.64 bits per heavy atom. The standard InChI is InChI=1S/C10H11ClN2O/c1-10-4-5-14-9(10)12-6-2-3-7(11)13-8(6)10/h2-3,9,12H,4-5H2,1H3/t9-,10-/m0/s1. The van der Waals surface area contributed by atoms with Gasteiger partial charge in [0, 0.05) is 0 Å². The van der Waals surface area contributed by atoms with Crippen molar-refractivity contribution in [3.05, 3.63) is 23.0 Å². The van der Waals surface area contributed by atoms with Gasteiger partial charge in [-0.2, -0.15) is 0 Å². The van der Waals surface area contributed by atoms with E-state index in [-0.39, 0.29) is 11.6 Å². The van der Waals surface area contributed by atoms with Crippen molar-refractivity contribution < 1.29 is 4.74 Å². The number of anilines is 1. The van der Waals surface area contributed by atoms with Gasteiger partial charge in [-0.25, -0.2) is 4.98 Å². The Balaban J connectivity index is 2.17. The fourth-order valence-electron chi connectivity index (χ4n) is 2.28. The molecule has 3 rings (SSSR count). The van der Waals surface area contributed by atoms with E-state index in [0.717, 1.165) is 24.4 Å². The summed E-state index contributed by atoms with van der Waals surface area (Å²) in [5.74, 6) is 0. The fraction of sp³-hybridized carbons (Fsp3) is 0.500. The largest absolute Gasteiger partial charge is 0.358 e. The van der Waals surface area contributed by atoms with Crippen molar-refractivity contribution in [2.45, 2.75) is 25.0 Å². The number of hydrogen-bond acceptors (Lipinski definition) is 3. The van der Waals surface area contributed by atoms with Crippen molar-refractivity contribution in [1.82, 2.24) is 4.98 Å². The highest BCUT2D eigenvalue weighted by Crippen LogP contribution is 2.46. The van der Waals surface area contributed by atoms with Gasteiger partial charge in [0.25, 0.3) is 0 Å². The molecule has 1 aromatic rings. The van der Waals surface area contributed by atoms with Crippen LogP contribution in [0.25, 0.3) is 0 Å². The van der Waals surface area contributed by atoms with E-state index in [9.17, 15) is 0 Å². The third-order valence-electron chi connectivity index (χ3n) is 3.17. The zero-order valence-corrected chi connectivity index (χ0v) is 8.64. The third kappa shape index (κ3) is 0.940. The van der Waals surface area contributed by atoms with Gasteiger partial charge >= 0.3 is 0 Å². The number of pyridine rings is 1. The van der Waals surface area contributed by atoms with Gasteiger partial charge in [0.2, 0.25) is 0 Å². The lowest BCUT2D eigenvalue weighted by molar-refractivity contribution is 0.111. The fourth-order valence-corrected chi connectivity index (χ4v) is 2.42. The van der Waals surface area contributed by atoms with Crippen LogP contribution in [0.4, 0.5) is 5.69 Å². The number of fused-ring (bicyclic) bond motifs is 3. The number of hydrogen-bond donors (Lipinski definition) is 1. The maximum absolute atomic E-state index is 5.90. The van der Waals surface area contributed by atoms with Crippen molar-refractivity contribution in [2.24, 2.45) is 0 Å². The van der Waals surface area contributed by atoms with Crippen molar-refractivity contribution >= 4 is 17.3 Å². The minimum atomic E-state index is 0.000231. The first kappa shape index (κ1) is 8.50. The van der Waals surface area contributed by atoms with E-state index in [2.05, 4.69) is 17.2 Å². The van der Waals surface area contributed by atoms with E-state index in [0.29, 0.717) is 5.15 Å². The Hall–Kier alpha value is -0.800. The van der Waals surface area contributed by atoms with E-state index in [1.165, 1.54) is 0 Å². The SMILES string of the molecule is C[C@@]12CCO[C@@H]1Nc1ccc(Cl)nc12. The highest BCUT2D eigenvalue weighted by molar-refractivity contribution is 6.29. The molecule has 0 bridgehead atoms. The second kappa shape index (κ2) is 2.61. The van der Waals surface area contributed by atoms with Crippen molar-refractivity contribution in [2.75, 3.05) is 11.9 Å². The Kier molecular flexibility index (Phi) is 1.59. The van der Waals surface area contributed by atoms with Crippen LogP contribution in [0.5, 0.6) is 0 Å². The zero-order valence-electron chi connectivity index (χ0n) is 7.88. The summed E-state index contributed by atoms with van der Waals surface area (Å²) < 4.78 is 5.61. The van der Waals surface area contributed by atoms with Gasteiger partial charge in [0.05, 0.1) is 23.4 Å². The molecule has 1 N–H and O–H groups in total. The molecule has 0 aromatic carbocycles. The first-order chi connectivity index (χ1) is 6.70. The number of rotatable bonds is 0. The topological polar surface area (TPSA) is 34.1 Å². The molecular weight excluding hydrogens is 200 g/mol. The van der Waals surface area contributed by atoms with E-state index < -0.39 is 0 Å². The quantitative estimate of drug-likeness (QED) is 0.667. The molecule has 0 unspecified atom stereocenters. The molecule has 1 fully saturated rings. The summed E-state index contributed by atoms with van der Waals surface area (Å²) in [6.07, 6.45) is 1.08. The number of halogens is 1. The van der Waals surface area contributed by atoms with E-state index in [1.54, 1.807) is 6.07 Å². The number of nitrogens with one attached hydrogen (secondary N) is 1. The molecule has 1 aromatic heterocycles. The van der Waals surface area contributed by atoms with E-state index >= 15 is 0 Å². The van der Waals surface area contributed by atoms with Gasteiger partial charge in [-0.3, -0.25) is 0 Å². The highest BCUT2D eigenvalue weighted by atomic mass is 35.5. The molecule has 3 heterocycles. The van der Waals surface area contributed by atoms with Crippen LogP contribution in [0, 0.1) is 0 Å². The Bertz CT molecular complexity index is 396. The first-order valence-electron chi connectivity index (χ1n) is 4.75. The maximum atomic E-state index is 5.90. The number of nitrogens with zero attached hydrogens (tertiary/aromatic N) is 1. The molecule has 3 nitrogen and oxygen atoms in total. The molecule has 74 valence electrons. The van der Waals surface area contributed by atoms with Crippen LogP contribution in [0.2, 0.25) is 5.15 Å². The lowest BCUT2D eigenvalue weighted by atomic mass is 9.85. The summed E-state index contributed by atoms with van der Waals surface area (Å²) in [6.45, 7) is 2.97. The molecule has 2 atom stereocenters. The number of ether oxygens (including phenoxy) is 1. The normalized spacial score (nSPS) is 33.7. The lowest BCUT2D eigenvalue weighted by Gasteiger charge is -2.20. The smallest absolute Gasteiger partial charge is 0.138 e. The van der Waals surface area contributed by atoms with E-state index in [4.69, 9.17) is 16.3 Å². The van der Waals surface area contributed by atoms with Gasteiger partial charge in [0.1, 0.15) is 11.4 Å². The predicted octanol–water partition coefficient (Wildman–Crippen LogP) is 2.16. The lowest BCUT2D eigenvalue weighted by Crippen LogP contribution is -2.31. The predicted molar refractivity (Wildman–Crippen MR) is 54.6 cm³/mol. The minimum absolute atomic E-state index is 0.000231. The van der Waals surface area contributed by atoms with Crippen molar-refractivity contribution in [1.29, 1.82) is 0 Å². The summed E-state index contributed by atoms with van der Waals surface area (Å²) in [7, 11) is 0. The molecule has 0 saturated carbocycles. The van der Waals surface area contributed by atoms with Crippen LogP contribution in [-0.4, -0.2) is 17.8 Å². The van der Waals surface area contributed by atoms with Crippen LogP contribution in [0.15, 0.2) is 12.1 Å². The average Bonchev–Trinajstić information content (AvgIpc) is 2.62. The molecule has 4 heteroatoms. The molecule has 2 aliphatic rings. The van der Waals surface area contributed by atoms with Gasteiger partial charge in [0.15, 0.2) is 0 Å².